The number of rotatable bonds is 4. The molecular formula is C13H15N5O3S. The number of nitrogens with zero attached hydrogens (tertiary/aromatic N) is 4. The van der Waals surface area contributed by atoms with Gasteiger partial charge in [0, 0.05) is 11.9 Å². The maximum Gasteiger partial charge on any atom is 0.315 e. The van der Waals surface area contributed by atoms with Crippen LogP contribution in [0.3, 0.4) is 0 Å². The molecule has 0 radical (unpaired) electrons. The van der Waals surface area contributed by atoms with Crippen LogP contribution in [-0.2, 0) is 23.0 Å². The van der Waals surface area contributed by atoms with Crippen molar-refractivity contribution < 1.29 is 14.3 Å². The first-order valence-corrected chi connectivity index (χ1v) is 7.74. The average Bonchev–Trinajstić information content (AvgIpc) is 3.14. The number of aromatic nitrogens is 4. The van der Waals surface area contributed by atoms with Gasteiger partial charge < -0.3 is 4.74 Å². The van der Waals surface area contributed by atoms with Crippen LogP contribution in [0.2, 0.25) is 0 Å². The van der Waals surface area contributed by atoms with Crippen molar-refractivity contribution in [3.8, 4) is 0 Å². The molecule has 3 rings (SSSR count). The van der Waals surface area contributed by atoms with E-state index in [1.807, 2.05) is 0 Å². The lowest BCUT2D eigenvalue weighted by molar-refractivity contribution is -0.145. The van der Waals surface area contributed by atoms with Crippen LogP contribution in [0.15, 0.2) is 6.20 Å². The standard InChI is InChI=1S/C13H15N5O3S/c1-3-21-12(20)7-4-5-9-10(7)14-13(22-9)15-11(19)8-6-18(2)17-16-8/h6-7H,3-5H2,1-2H3,(H,14,15,19)/t7-/m0/s1. The van der Waals surface area contributed by atoms with Crippen LogP contribution in [0.1, 0.15) is 40.3 Å². The molecule has 0 saturated carbocycles. The van der Waals surface area contributed by atoms with Crippen LogP contribution >= 0.6 is 11.3 Å². The zero-order valence-corrected chi connectivity index (χ0v) is 13.0. The van der Waals surface area contributed by atoms with Gasteiger partial charge in [-0.05, 0) is 19.8 Å². The molecule has 0 aromatic carbocycles. The van der Waals surface area contributed by atoms with E-state index in [-0.39, 0.29) is 23.5 Å². The number of hydrogen-bond donors (Lipinski definition) is 1. The Kier molecular flexibility index (Phi) is 3.88. The Bertz CT molecular complexity index is 723. The molecule has 8 nitrogen and oxygen atoms in total. The molecule has 0 unspecified atom stereocenters. The Morgan fingerprint density at radius 3 is 3.05 bits per heavy atom. The maximum atomic E-state index is 12.0. The number of aryl methyl sites for hydroxylation is 2. The molecule has 1 N–H and O–H groups in total. The number of hydrogen-bond acceptors (Lipinski definition) is 7. The maximum absolute atomic E-state index is 12.0. The van der Waals surface area contributed by atoms with Crippen molar-refractivity contribution in [1.82, 2.24) is 20.0 Å². The highest BCUT2D eigenvalue weighted by molar-refractivity contribution is 7.16. The lowest BCUT2D eigenvalue weighted by Gasteiger charge is -2.07. The van der Waals surface area contributed by atoms with E-state index in [1.165, 1.54) is 22.2 Å². The molecule has 0 bridgehead atoms. The Morgan fingerprint density at radius 2 is 2.36 bits per heavy atom. The molecule has 1 aliphatic rings. The molecule has 22 heavy (non-hydrogen) atoms. The molecule has 2 aromatic heterocycles. The highest BCUT2D eigenvalue weighted by Crippen LogP contribution is 2.38. The summed E-state index contributed by atoms with van der Waals surface area (Å²) in [5.74, 6) is -0.945. The van der Waals surface area contributed by atoms with Crippen molar-refractivity contribution in [1.29, 1.82) is 0 Å². The van der Waals surface area contributed by atoms with E-state index >= 15 is 0 Å². The molecule has 1 atom stereocenters. The minimum Gasteiger partial charge on any atom is -0.465 e. The number of nitrogens with one attached hydrogen (secondary N) is 1. The number of carbonyl (C=O) groups excluding carboxylic acids is 2. The van der Waals surface area contributed by atoms with Gasteiger partial charge in [-0.3, -0.25) is 19.6 Å². The fraction of sp³-hybridized carbons (Fsp3) is 0.462. The van der Waals surface area contributed by atoms with Crippen molar-refractivity contribution >= 4 is 28.3 Å². The summed E-state index contributed by atoms with van der Waals surface area (Å²) in [6.45, 7) is 2.13. The van der Waals surface area contributed by atoms with E-state index < -0.39 is 0 Å². The first-order valence-electron chi connectivity index (χ1n) is 6.92. The zero-order chi connectivity index (χ0) is 15.7. The molecule has 2 aromatic rings. The largest absolute Gasteiger partial charge is 0.465 e. The van der Waals surface area contributed by atoms with Crippen LogP contribution in [0.25, 0.3) is 0 Å². The summed E-state index contributed by atoms with van der Waals surface area (Å²) in [4.78, 5) is 29.3. The summed E-state index contributed by atoms with van der Waals surface area (Å²) in [7, 11) is 1.69. The second kappa shape index (κ2) is 5.84. The third-order valence-corrected chi connectivity index (χ3v) is 4.39. The topological polar surface area (TPSA) is 99.0 Å². The Balaban J connectivity index is 1.74. The van der Waals surface area contributed by atoms with E-state index in [0.717, 1.165) is 17.0 Å². The summed E-state index contributed by atoms with van der Waals surface area (Å²) in [6, 6.07) is 0. The third-order valence-electron chi connectivity index (χ3n) is 3.34. The quantitative estimate of drug-likeness (QED) is 0.847. The average molecular weight is 321 g/mol. The van der Waals surface area contributed by atoms with E-state index in [4.69, 9.17) is 4.74 Å². The van der Waals surface area contributed by atoms with Crippen LogP contribution in [0.5, 0.6) is 0 Å². The molecular weight excluding hydrogens is 306 g/mol. The number of fused-ring (bicyclic) bond motifs is 1. The lowest BCUT2D eigenvalue weighted by atomic mass is 10.1. The van der Waals surface area contributed by atoms with Crippen LogP contribution in [-0.4, -0.2) is 38.5 Å². The van der Waals surface area contributed by atoms with E-state index in [1.54, 1.807) is 14.0 Å². The fourth-order valence-electron chi connectivity index (χ4n) is 2.37. The van der Waals surface area contributed by atoms with E-state index in [0.29, 0.717) is 18.2 Å². The lowest BCUT2D eigenvalue weighted by Crippen LogP contribution is -2.15. The molecule has 0 aliphatic heterocycles. The Hall–Kier alpha value is -2.29. The van der Waals surface area contributed by atoms with Crippen molar-refractivity contribution in [2.75, 3.05) is 11.9 Å². The number of amides is 1. The second-order valence-electron chi connectivity index (χ2n) is 4.90. The predicted octanol–water partition coefficient (Wildman–Crippen LogP) is 1.12. The molecule has 0 spiro atoms. The van der Waals surface area contributed by atoms with Crippen LogP contribution in [0.4, 0.5) is 5.13 Å². The summed E-state index contributed by atoms with van der Waals surface area (Å²) >= 11 is 1.39. The summed E-state index contributed by atoms with van der Waals surface area (Å²) in [6.07, 6.45) is 3.01. The van der Waals surface area contributed by atoms with Gasteiger partial charge in [-0.25, -0.2) is 4.98 Å². The molecule has 0 saturated heterocycles. The first-order chi connectivity index (χ1) is 10.6. The fourth-order valence-corrected chi connectivity index (χ4v) is 3.40. The number of esters is 1. The minimum absolute atomic E-state index is 0.222. The summed E-state index contributed by atoms with van der Waals surface area (Å²) < 4.78 is 6.51. The highest BCUT2D eigenvalue weighted by atomic mass is 32.1. The highest BCUT2D eigenvalue weighted by Gasteiger charge is 2.33. The van der Waals surface area contributed by atoms with Gasteiger partial charge in [0.25, 0.3) is 5.91 Å². The van der Waals surface area contributed by atoms with Gasteiger partial charge in [0.1, 0.15) is 5.92 Å². The normalized spacial score (nSPS) is 16.4. The van der Waals surface area contributed by atoms with Gasteiger partial charge in [-0.15, -0.1) is 16.4 Å². The van der Waals surface area contributed by atoms with Gasteiger partial charge in [0.15, 0.2) is 10.8 Å². The SMILES string of the molecule is CCOC(=O)[C@H]1CCc2sc(NC(=O)c3cn(C)nn3)nc21. The third kappa shape index (κ3) is 2.71. The van der Waals surface area contributed by atoms with Crippen molar-refractivity contribution in [2.24, 2.45) is 7.05 Å². The number of carbonyl (C=O) groups is 2. The smallest absolute Gasteiger partial charge is 0.315 e. The molecule has 9 heteroatoms. The first kappa shape index (κ1) is 14.6. The van der Waals surface area contributed by atoms with Gasteiger partial charge >= 0.3 is 5.97 Å². The van der Waals surface area contributed by atoms with E-state index in [2.05, 4.69) is 20.6 Å². The zero-order valence-electron chi connectivity index (χ0n) is 12.2. The van der Waals surface area contributed by atoms with Gasteiger partial charge in [-0.1, -0.05) is 5.21 Å². The second-order valence-corrected chi connectivity index (χ2v) is 5.99. The Labute approximate surface area is 130 Å². The number of anilines is 1. The number of ether oxygens (including phenoxy) is 1. The molecule has 116 valence electrons. The van der Waals surface area contributed by atoms with Crippen LogP contribution < -0.4 is 5.32 Å². The van der Waals surface area contributed by atoms with Crippen molar-refractivity contribution in [3.63, 3.8) is 0 Å². The van der Waals surface area contributed by atoms with Gasteiger partial charge in [0.2, 0.25) is 0 Å². The van der Waals surface area contributed by atoms with Crippen LogP contribution in [0, 0.1) is 0 Å². The summed E-state index contributed by atoms with van der Waals surface area (Å²) in [5.41, 5.74) is 0.942. The predicted molar refractivity (Wildman–Crippen MR) is 78.8 cm³/mol. The molecule has 0 fully saturated rings. The molecule has 2 heterocycles. The minimum atomic E-state index is -0.367. The summed E-state index contributed by atoms with van der Waals surface area (Å²) in [5, 5.41) is 10.6. The van der Waals surface area contributed by atoms with Gasteiger partial charge in [-0.2, -0.15) is 0 Å². The Morgan fingerprint density at radius 1 is 1.55 bits per heavy atom. The van der Waals surface area contributed by atoms with Gasteiger partial charge in [0.05, 0.1) is 18.5 Å². The number of thiazole rings is 1. The van der Waals surface area contributed by atoms with Crippen molar-refractivity contribution in [2.45, 2.75) is 25.7 Å². The monoisotopic (exact) mass is 321 g/mol. The molecule has 1 aliphatic carbocycles. The van der Waals surface area contributed by atoms with Crippen molar-refractivity contribution in [3.05, 3.63) is 22.5 Å². The molecule has 1 amide bonds. The van der Waals surface area contributed by atoms with E-state index in [9.17, 15) is 9.59 Å².